The van der Waals surface area contributed by atoms with E-state index in [1.54, 1.807) is 23.6 Å². The van der Waals surface area contributed by atoms with Crippen LogP contribution in [0, 0.1) is 24.1 Å². The monoisotopic (exact) mass is 1190 g/mol. The van der Waals surface area contributed by atoms with Crippen LogP contribution in [-0.2, 0) is 30.5 Å². The molecule has 0 radical (unpaired) electrons. The fraction of sp³-hybridized carbons (Fsp3) is 0.492. The Labute approximate surface area is 496 Å². The Balaban J connectivity index is 0.00000257. The molecule has 6 aromatic rings. The molecule has 84 heavy (non-hydrogen) atoms. The molecule has 8 heterocycles. The number of fused-ring (bicyclic) bond motifs is 4. The highest BCUT2D eigenvalue weighted by Gasteiger charge is 2.45. The molecule has 23 heteroatoms. The number of nitrogens with one attached hydrogen (secondary N) is 4. The second-order valence-electron chi connectivity index (χ2n) is 23.9. The smallest absolute Gasteiger partial charge is 0.319 e. The number of anilines is 1. The van der Waals surface area contributed by atoms with Crippen molar-refractivity contribution in [3.05, 3.63) is 94.5 Å². The zero-order valence-corrected chi connectivity index (χ0v) is 49.6. The second-order valence-corrected chi connectivity index (χ2v) is 25.2. The van der Waals surface area contributed by atoms with Crippen LogP contribution in [0.2, 0.25) is 5.02 Å². The molecule has 4 amide bonds. The van der Waals surface area contributed by atoms with E-state index < -0.39 is 41.2 Å². The van der Waals surface area contributed by atoms with E-state index in [-0.39, 0.29) is 86.0 Å². The van der Waals surface area contributed by atoms with Crippen LogP contribution >= 0.6 is 22.9 Å². The number of carboxylic acid groups (broad SMARTS) is 1. The molecule has 5 aliphatic rings. The molecule has 0 saturated carbocycles. The summed E-state index contributed by atoms with van der Waals surface area (Å²) in [6, 6.07) is 18.3. The molecule has 5 aliphatic heterocycles. The van der Waals surface area contributed by atoms with Crippen LogP contribution in [0.5, 0.6) is 6.01 Å². The van der Waals surface area contributed by atoms with Crippen LogP contribution in [0.25, 0.3) is 43.4 Å². The molecule has 2 bridgehead atoms. The fourth-order valence-corrected chi connectivity index (χ4v) is 13.7. The van der Waals surface area contributed by atoms with Gasteiger partial charge < -0.3 is 46.0 Å². The van der Waals surface area contributed by atoms with Gasteiger partial charge in [-0.05, 0) is 87.2 Å². The molecule has 446 valence electrons. The molecule has 11 rings (SSSR count). The van der Waals surface area contributed by atoms with Gasteiger partial charge in [0.05, 0.1) is 27.6 Å². The van der Waals surface area contributed by atoms with Crippen molar-refractivity contribution < 1.29 is 43.3 Å². The maximum atomic E-state index is 17.0. The van der Waals surface area contributed by atoms with Crippen LogP contribution in [0.4, 0.5) is 10.2 Å². The largest absolute Gasteiger partial charge is 0.483 e. The van der Waals surface area contributed by atoms with E-state index in [0.29, 0.717) is 53.3 Å². The number of aromatic nitrogens is 4. The van der Waals surface area contributed by atoms with Gasteiger partial charge in [-0.1, -0.05) is 87.0 Å². The number of hydrogen-bond donors (Lipinski definition) is 6. The van der Waals surface area contributed by atoms with Crippen molar-refractivity contribution in [1.29, 1.82) is 0 Å². The third kappa shape index (κ3) is 13.4. The molecule has 0 spiro atoms. The van der Waals surface area contributed by atoms with Crippen LogP contribution in [0.15, 0.2) is 72.4 Å². The Morgan fingerprint density at radius 2 is 1.64 bits per heavy atom. The normalized spacial score (nSPS) is 22.4. The maximum absolute atomic E-state index is 17.0. The van der Waals surface area contributed by atoms with Crippen LogP contribution in [-0.4, -0.2) is 177 Å². The number of aliphatic hydroxyl groups excluding tert-OH is 1. The average molecular weight is 1190 g/mol. The van der Waals surface area contributed by atoms with Crippen molar-refractivity contribution >= 4 is 80.5 Å². The number of rotatable bonds is 16. The summed E-state index contributed by atoms with van der Waals surface area (Å²) < 4.78 is 23.5. The van der Waals surface area contributed by atoms with Gasteiger partial charge in [0.15, 0.2) is 5.82 Å². The van der Waals surface area contributed by atoms with E-state index in [2.05, 4.69) is 48.0 Å². The molecule has 7 atom stereocenters. The lowest BCUT2D eigenvalue weighted by Gasteiger charge is -2.35. The first-order valence-corrected chi connectivity index (χ1v) is 30.2. The number of carbonyl (C=O) groups is 5. The zero-order chi connectivity index (χ0) is 59.4. The number of aryl methyl sites for hydroxylation is 1. The molecule has 3 aromatic carbocycles. The lowest BCUT2D eigenvalue weighted by molar-refractivity contribution is -0.144. The van der Waals surface area contributed by atoms with Gasteiger partial charge in [0.25, 0.3) is 6.47 Å². The van der Waals surface area contributed by atoms with Crippen molar-refractivity contribution in [2.24, 2.45) is 11.3 Å². The number of aliphatic hydroxyl groups is 1. The highest BCUT2D eigenvalue weighted by Crippen LogP contribution is 2.39. The average Bonchev–Trinajstić information content (AvgIpc) is 2.31. The molecule has 6 N–H and O–H groups in total. The van der Waals surface area contributed by atoms with Crippen molar-refractivity contribution in [1.82, 2.24) is 55.9 Å². The summed E-state index contributed by atoms with van der Waals surface area (Å²) >= 11 is 8.27. The lowest BCUT2D eigenvalue weighted by Crippen LogP contribution is -2.58. The summed E-state index contributed by atoms with van der Waals surface area (Å²) in [5, 5.41) is 32.7. The number of hydrogen-bond acceptors (Lipinski definition) is 16. The molecule has 5 saturated heterocycles. The highest BCUT2D eigenvalue weighted by atomic mass is 35.5. The number of ether oxygens (including phenoxy) is 1. The molecule has 5 fully saturated rings. The number of piperidine rings is 1. The molecule has 0 aliphatic carbocycles. The minimum absolute atomic E-state index is 0.0299. The zero-order valence-electron chi connectivity index (χ0n) is 48.0. The number of amides is 4. The molecular weight excluding hydrogens is 1120 g/mol. The Morgan fingerprint density at radius 1 is 0.929 bits per heavy atom. The quantitative estimate of drug-likeness (QED) is 0.0592. The van der Waals surface area contributed by atoms with Crippen molar-refractivity contribution in [3.8, 4) is 27.7 Å². The predicted molar refractivity (Wildman–Crippen MR) is 320 cm³/mol. The summed E-state index contributed by atoms with van der Waals surface area (Å²) in [6.45, 7) is 11.6. The number of thiazole rings is 1. The molecular formula is C61H74ClFN12O8S. The van der Waals surface area contributed by atoms with E-state index in [0.717, 1.165) is 84.5 Å². The first-order chi connectivity index (χ1) is 40.4. The number of piperazine rings is 1. The van der Waals surface area contributed by atoms with Crippen LogP contribution in [0.3, 0.4) is 0 Å². The summed E-state index contributed by atoms with van der Waals surface area (Å²) in [4.78, 5) is 91.3. The number of benzene rings is 3. The topological polar surface area (TPSA) is 248 Å². The summed E-state index contributed by atoms with van der Waals surface area (Å²) in [5.41, 5.74) is 4.88. The van der Waals surface area contributed by atoms with E-state index >= 15 is 4.39 Å². The third-order valence-corrected chi connectivity index (χ3v) is 18.4. The second kappa shape index (κ2) is 26.1. The van der Waals surface area contributed by atoms with Gasteiger partial charge in [-0.3, -0.25) is 38.8 Å². The predicted octanol–water partition coefficient (Wildman–Crippen LogP) is 6.19. The minimum Gasteiger partial charge on any atom is -0.483 e. The van der Waals surface area contributed by atoms with Crippen molar-refractivity contribution in [3.63, 3.8) is 0 Å². The number of carbonyl (C=O) groups excluding carboxylic acids is 4. The van der Waals surface area contributed by atoms with Gasteiger partial charge in [0.1, 0.15) is 35.7 Å². The standard InChI is InChI=1S/C60H72ClFN12O6S.CH2O2/c1-34-53(81-33-66-34)37-14-12-35(13-15-37)26-65-57(78)47-25-43(75)31-74(47)58(79)54(60(2,3)4)68-48(76)18-21-63-56(77)38-19-22-72(23-20-38)41-24-42(71(5)30-41)32-80-59-69-52-45(55(70-59)73-28-39-16-17-40(29-73)67-39)27-64-51(50(52)62)44-10-6-8-36-9-7-11-46(61)49(36)44;2-1-3/h6-15,27,33,38-43,47,54,67,75H,16-26,28-32H2,1-5H3,(H,63,77)(H,65,78)(H,68,76);1H,(H,2,3)/t39?,40?,41-,42-,43+,47-,54?;/m0./s1. The Bertz CT molecular complexity index is 3360. The Morgan fingerprint density at radius 3 is 2.33 bits per heavy atom. The summed E-state index contributed by atoms with van der Waals surface area (Å²) in [5.74, 6) is -1.47. The number of nitrogens with zero attached hydrogens (tertiary/aromatic N) is 8. The third-order valence-electron chi connectivity index (χ3n) is 17.1. The van der Waals surface area contributed by atoms with Gasteiger partial charge in [0, 0.05) is 104 Å². The summed E-state index contributed by atoms with van der Waals surface area (Å²) in [6.07, 6.45) is 5.16. The molecule has 3 unspecified atom stereocenters. The maximum Gasteiger partial charge on any atom is 0.319 e. The van der Waals surface area contributed by atoms with Gasteiger partial charge >= 0.3 is 6.01 Å². The number of β-amino-alcohol motifs (C(OH)–C–C–N with tert-alkyl or cyclic N) is 1. The number of halogens is 2. The van der Waals surface area contributed by atoms with Crippen LogP contribution in [0.1, 0.15) is 77.0 Å². The lowest BCUT2D eigenvalue weighted by atomic mass is 9.85. The van der Waals surface area contributed by atoms with E-state index in [4.69, 9.17) is 41.2 Å². The van der Waals surface area contributed by atoms with Gasteiger partial charge in [-0.15, -0.1) is 11.3 Å². The Hall–Kier alpha value is -6.95. The SMILES string of the molecule is Cc1ncsc1-c1ccc(CNC(=O)[C@@H]2C[C@@H](O)CN2C(=O)C(NC(=O)CCNC(=O)C2CCN([C@H]3C[C@@H](COc4nc(N5CC6CCC(C5)N6)c5cnc(-c6cccc7cccc(Cl)c67)c(F)c5n4)N(C)C3)CC2)C(C)(C)C)cc1.O=CO. The van der Waals surface area contributed by atoms with Gasteiger partial charge in [-0.25, -0.2) is 9.37 Å². The molecule has 20 nitrogen and oxygen atoms in total. The number of pyridine rings is 1. The minimum atomic E-state index is -0.981. The Kier molecular flexibility index (Phi) is 18.7. The highest BCUT2D eigenvalue weighted by molar-refractivity contribution is 7.13. The van der Waals surface area contributed by atoms with Crippen molar-refractivity contribution in [2.45, 2.75) is 122 Å². The van der Waals surface area contributed by atoms with E-state index in [9.17, 15) is 24.3 Å². The first-order valence-electron chi connectivity index (χ1n) is 28.9. The van der Waals surface area contributed by atoms with Crippen molar-refractivity contribution in [2.75, 3.05) is 64.4 Å². The number of likely N-dealkylation sites (tertiary alicyclic amines) is 3. The fourth-order valence-electron chi connectivity index (χ4n) is 12.6. The van der Waals surface area contributed by atoms with Gasteiger partial charge in [-0.2, -0.15) is 9.97 Å². The van der Waals surface area contributed by atoms with Crippen LogP contribution < -0.4 is 30.9 Å². The summed E-state index contributed by atoms with van der Waals surface area (Å²) in [7, 11) is 2.08. The molecule has 3 aromatic heterocycles. The first kappa shape index (κ1) is 60.2. The number of likely N-dealkylation sites (N-methyl/N-ethyl adjacent to an activating group) is 1. The van der Waals surface area contributed by atoms with Gasteiger partial charge in [0.2, 0.25) is 23.6 Å². The van der Waals surface area contributed by atoms with E-state index in [1.165, 1.54) is 4.90 Å². The van der Waals surface area contributed by atoms with E-state index in [1.807, 2.05) is 87.8 Å².